The molecular formula is C9H17NS. The van der Waals surface area contributed by atoms with E-state index in [1.807, 2.05) is 11.8 Å². The van der Waals surface area contributed by atoms with Crippen molar-refractivity contribution in [3.8, 4) is 0 Å². The molecule has 0 aromatic carbocycles. The van der Waals surface area contributed by atoms with E-state index in [1.54, 1.807) is 0 Å². The van der Waals surface area contributed by atoms with E-state index in [0.717, 1.165) is 13.0 Å². The van der Waals surface area contributed by atoms with Crippen LogP contribution >= 0.6 is 11.8 Å². The summed E-state index contributed by atoms with van der Waals surface area (Å²) in [6.07, 6.45) is 8.37. The van der Waals surface area contributed by atoms with Gasteiger partial charge >= 0.3 is 0 Å². The van der Waals surface area contributed by atoms with Crippen molar-refractivity contribution in [1.29, 1.82) is 0 Å². The van der Waals surface area contributed by atoms with E-state index in [4.69, 9.17) is 5.73 Å². The molecule has 0 amide bonds. The van der Waals surface area contributed by atoms with Gasteiger partial charge in [-0.15, -0.1) is 0 Å². The fourth-order valence-electron chi connectivity index (χ4n) is 1.21. The second-order valence-electron chi connectivity index (χ2n) is 3.13. The first-order valence-electron chi connectivity index (χ1n) is 4.22. The summed E-state index contributed by atoms with van der Waals surface area (Å²) in [5.41, 5.74) is 7.01. The molecule has 0 aromatic rings. The summed E-state index contributed by atoms with van der Waals surface area (Å²) < 4.78 is 0.491. The lowest BCUT2D eigenvalue weighted by Gasteiger charge is -2.08. The van der Waals surface area contributed by atoms with Crippen LogP contribution in [0.15, 0.2) is 11.6 Å². The van der Waals surface area contributed by atoms with Gasteiger partial charge in [0.05, 0.1) is 0 Å². The number of hydrogen-bond donors (Lipinski definition) is 1. The van der Waals surface area contributed by atoms with Gasteiger partial charge in [0.2, 0.25) is 0 Å². The Morgan fingerprint density at radius 1 is 1.64 bits per heavy atom. The van der Waals surface area contributed by atoms with Crippen molar-refractivity contribution in [2.45, 2.75) is 30.9 Å². The largest absolute Gasteiger partial charge is 0.327 e. The van der Waals surface area contributed by atoms with Gasteiger partial charge < -0.3 is 5.73 Å². The van der Waals surface area contributed by atoms with Crippen molar-refractivity contribution >= 4 is 11.8 Å². The highest BCUT2D eigenvalue weighted by atomic mass is 32.2. The summed E-state index contributed by atoms with van der Waals surface area (Å²) in [6.45, 7) is 2.91. The van der Waals surface area contributed by atoms with Crippen molar-refractivity contribution in [2.75, 3.05) is 12.8 Å². The third-order valence-electron chi connectivity index (χ3n) is 2.33. The lowest BCUT2D eigenvalue weighted by molar-refractivity contribution is 0.977. The number of hydrogen-bond acceptors (Lipinski definition) is 2. The number of rotatable bonds is 4. The third kappa shape index (κ3) is 2.24. The highest BCUT2D eigenvalue weighted by Crippen LogP contribution is 2.49. The zero-order valence-corrected chi connectivity index (χ0v) is 8.21. The summed E-state index contributed by atoms with van der Waals surface area (Å²) in [5, 5.41) is 0. The fraction of sp³-hybridized carbons (Fsp3) is 0.778. The maximum atomic E-state index is 5.60. The molecule has 0 heterocycles. The molecule has 0 atom stereocenters. The Bertz CT molecular complexity index is 153. The van der Waals surface area contributed by atoms with Crippen LogP contribution in [0.3, 0.4) is 0 Å². The Morgan fingerprint density at radius 3 is 2.55 bits per heavy atom. The zero-order chi connectivity index (χ0) is 8.32. The van der Waals surface area contributed by atoms with Crippen LogP contribution in [-0.4, -0.2) is 17.5 Å². The summed E-state index contributed by atoms with van der Waals surface area (Å²) in [6, 6.07) is 0. The van der Waals surface area contributed by atoms with Gasteiger partial charge in [-0.2, -0.15) is 11.8 Å². The molecule has 11 heavy (non-hydrogen) atoms. The molecule has 2 heteroatoms. The summed E-state index contributed by atoms with van der Waals surface area (Å²) in [7, 11) is 0. The molecule has 64 valence electrons. The summed E-state index contributed by atoms with van der Waals surface area (Å²) >= 11 is 1.97. The van der Waals surface area contributed by atoms with Crippen LogP contribution < -0.4 is 5.73 Å². The van der Waals surface area contributed by atoms with Crippen molar-refractivity contribution < 1.29 is 0 Å². The first-order chi connectivity index (χ1) is 5.26. The monoisotopic (exact) mass is 171 g/mol. The fourth-order valence-corrected chi connectivity index (χ4v) is 2.00. The number of thioether (sulfide) groups is 1. The highest BCUT2D eigenvalue weighted by molar-refractivity contribution is 8.00. The molecule has 1 rings (SSSR count). The molecule has 1 saturated carbocycles. The van der Waals surface area contributed by atoms with Crippen molar-refractivity contribution in [3.63, 3.8) is 0 Å². The number of nitrogens with two attached hydrogens (primary N) is 1. The average Bonchev–Trinajstić information content (AvgIpc) is 2.81. The Balaban J connectivity index is 2.54. The van der Waals surface area contributed by atoms with E-state index in [1.165, 1.54) is 18.4 Å². The minimum Gasteiger partial charge on any atom is -0.327 e. The van der Waals surface area contributed by atoms with E-state index < -0.39 is 0 Å². The SMILES string of the molecule is CC/C(=C/C1(SC)CC1)CN. The second-order valence-corrected chi connectivity index (χ2v) is 4.35. The molecule has 0 spiro atoms. The molecule has 1 aliphatic carbocycles. The van der Waals surface area contributed by atoms with Gasteiger partial charge in [-0.3, -0.25) is 0 Å². The molecule has 1 fully saturated rings. The summed E-state index contributed by atoms with van der Waals surface area (Å²) in [4.78, 5) is 0. The molecule has 0 aromatic heterocycles. The average molecular weight is 171 g/mol. The van der Waals surface area contributed by atoms with E-state index in [0.29, 0.717) is 4.75 Å². The molecule has 0 unspecified atom stereocenters. The quantitative estimate of drug-likeness (QED) is 0.656. The predicted octanol–water partition coefficient (Wildman–Crippen LogP) is 2.18. The van der Waals surface area contributed by atoms with Gasteiger partial charge in [0.1, 0.15) is 0 Å². The first kappa shape index (κ1) is 9.14. The van der Waals surface area contributed by atoms with Crippen LogP contribution in [0.5, 0.6) is 0 Å². The Kier molecular flexibility index (Phi) is 3.02. The Hall–Kier alpha value is 0.0500. The molecule has 0 bridgehead atoms. The van der Waals surface area contributed by atoms with E-state index in [2.05, 4.69) is 19.3 Å². The van der Waals surface area contributed by atoms with Gasteiger partial charge in [-0.25, -0.2) is 0 Å². The van der Waals surface area contributed by atoms with E-state index in [-0.39, 0.29) is 0 Å². The minimum absolute atomic E-state index is 0.491. The molecule has 0 aliphatic heterocycles. The molecule has 0 saturated heterocycles. The molecule has 1 aliphatic rings. The highest BCUT2D eigenvalue weighted by Gasteiger charge is 2.39. The van der Waals surface area contributed by atoms with Crippen LogP contribution in [0, 0.1) is 0 Å². The molecule has 0 radical (unpaired) electrons. The normalized spacial score (nSPS) is 21.9. The molecule has 2 N–H and O–H groups in total. The standard InChI is InChI=1S/C9H17NS/c1-3-8(7-10)6-9(11-2)4-5-9/h6H,3-5,7,10H2,1-2H3/b8-6-. The van der Waals surface area contributed by atoms with Crippen LogP contribution in [0.2, 0.25) is 0 Å². The van der Waals surface area contributed by atoms with Crippen molar-refractivity contribution in [1.82, 2.24) is 0 Å². The van der Waals surface area contributed by atoms with Gasteiger partial charge in [0.25, 0.3) is 0 Å². The molecular weight excluding hydrogens is 154 g/mol. The second kappa shape index (κ2) is 3.63. The predicted molar refractivity (Wildman–Crippen MR) is 52.9 cm³/mol. The zero-order valence-electron chi connectivity index (χ0n) is 7.39. The summed E-state index contributed by atoms with van der Waals surface area (Å²) in [5.74, 6) is 0. The third-order valence-corrected chi connectivity index (χ3v) is 3.67. The van der Waals surface area contributed by atoms with Gasteiger partial charge in [0.15, 0.2) is 0 Å². The topological polar surface area (TPSA) is 26.0 Å². The van der Waals surface area contributed by atoms with Crippen molar-refractivity contribution in [3.05, 3.63) is 11.6 Å². The van der Waals surface area contributed by atoms with Gasteiger partial charge in [-0.05, 0) is 25.5 Å². The lowest BCUT2D eigenvalue weighted by atomic mass is 10.1. The van der Waals surface area contributed by atoms with Gasteiger partial charge in [-0.1, -0.05) is 18.6 Å². The Labute approximate surface area is 73.4 Å². The maximum Gasteiger partial charge on any atom is 0.0340 e. The van der Waals surface area contributed by atoms with Crippen LogP contribution in [-0.2, 0) is 0 Å². The minimum atomic E-state index is 0.491. The molecule has 1 nitrogen and oxygen atoms in total. The van der Waals surface area contributed by atoms with Crippen LogP contribution in [0.4, 0.5) is 0 Å². The van der Waals surface area contributed by atoms with Crippen LogP contribution in [0.25, 0.3) is 0 Å². The maximum absolute atomic E-state index is 5.60. The van der Waals surface area contributed by atoms with Crippen molar-refractivity contribution in [2.24, 2.45) is 5.73 Å². The first-order valence-corrected chi connectivity index (χ1v) is 5.44. The van der Waals surface area contributed by atoms with E-state index >= 15 is 0 Å². The van der Waals surface area contributed by atoms with Crippen LogP contribution in [0.1, 0.15) is 26.2 Å². The van der Waals surface area contributed by atoms with Gasteiger partial charge in [0, 0.05) is 11.3 Å². The van der Waals surface area contributed by atoms with E-state index in [9.17, 15) is 0 Å². The smallest absolute Gasteiger partial charge is 0.0340 e. The Morgan fingerprint density at radius 2 is 2.27 bits per heavy atom. The lowest BCUT2D eigenvalue weighted by Crippen LogP contribution is -2.06.